The van der Waals surface area contributed by atoms with Gasteiger partial charge in [0.1, 0.15) is 24.2 Å². The van der Waals surface area contributed by atoms with Gasteiger partial charge in [0.05, 0.1) is 28.9 Å². The van der Waals surface area contributed by atoms with Crippen LogP contribution in [-0.2, 0) is 22.6 Å². The number of aromatic nitrogens is 1. The number of carbonyl (C=O) groups is 2. The number of hydrogen-bond acceptors (Lipinski definition) is 8. The van der Waals surface area contributed by atoms with E-state index in [0.29, 0.717) is 51.3 Å². The standard InChI is InChI=1S/C35H27ClN2O6S/c1-19-14-23-15-22(9-12-26(23)44-19)32(39)30-31(21-8-13-27(28(16-21)42-2)43-18-20-6-4-3-5-7-20)38(34(41)33(30)40)35-37-25-11-10-24(36)17-29(25)45-35/h3-13,15-17,19,31,39H,14,18H2,1-2H3/b32-30+. The van der Waals surface area contributed by atoms with E-state index in [9.17, 15) is 14.7 Å². The molecule has 1 fully saturated rings. The van der Waals surface area contributed by atoms with E-state index in [1.54, 1.807) is 54.6 Å². The van der Waals surface area contributed by atoms with Crippen LogP contribution in [0.25, 0.3) is 16.0 Å². The van der Waals surface area contributed by atoms with Gasteiger partial charge in [0.2, 0.25) is 0 Å². The molecule has 2 aliphatic heterocycles. The highest BCUT2D eigenvalue weighted by molar-refractivity contribution is 7.22. The van der Waals surface area contributed by atoms with Crippen molar-refractivity contribution in [3.8, 4) is 17.2 Å². The fraction of sp³-hybridized carbons (Fsp3) is 0.171. The SMILES string of the molecule is COc1cc(C2/C(=C(\O)c3ccc4c(c3)CC(C)O4)C(=O)C(=O)N2c2nc3ccc(Cl)cc3s2)ccc1OCc1ccccc1. The first kappa shape index (κ1) is 28.9. The predicted molar refractivity (Wildman–Crippen MR) is 173 cm³/mol. The van der Waals surface area contributed by atoms with Gasteiger partial charge >= 0.3 is 5.91 Å². The van der Waals surface area contributed by atoms with Crippen LogP contribution in [0.3, 0.4) is 0 Å². The number of amides is 1. The number of ketones is 1. The lowest BCUT2D eigenvalue weighted by molar-refractivity contribution is -0.132. The number of nitrogens with zero attached hydrogens (tertiary/aromatic N) is 2. The lowest BCUT2D eigenvalue weighted by Gasteiger charge is -2.24. The summed E-state index contributed by atoms with van der Waals surface area (Å²) in [6.07, 6.45) is 0.676. The first-order valence-electron chi connectivity index (χ1n) is 14.3. The highest BCUT2D eigenvalue weighted by atomic mass is 35.5. The number of halogens is 1. The summed E-state index contributed by atoms with van der Waals surface area (Å²) < 4.78 is 18.3. The number of anilines is 1. The molecule has 1 aromatic heterocycles. The van der Waals surface area contributed by atoms with Crippen LogP contribution in [-0.4, -0.2) is 35.0 Å². The summed E-state index contributed by atoms with van der Waals surface area (Å²) in [5, 5.41) is 12.6. The predicted octanol–water partition coefficient (Wildman–Crippen LogP) is 7.49. The average molecular weight is 639 g/mol. The summed E-state index contributed by atoms with van der Waals surface area (Å²) >= 11 is 7.47. The number of Topliss-reactive ketones (excluding diaryl/α,β-unsaturated/α-hetero) is 1. The largest absolute Gasteiger partial charge is 0.507 e. The van der Waals surface area contributed by atoms with Gasteiger partial charge in [-0.1, -0.05) is 59.3 Å². The van der Waals surface area contributed by atoms with Crippen LogP contribution in [0.2, 0.25) is 5.02 Å². The molecule has 2 aliphatic rings. The normalized spacial score (nSPS) is 18.7. The molecular formula is C35H27ClN2O6S. The Morgan fingerprint density at radius 2 is 1.87 bits per heavy atom. The number of rotatable bonds is 7. The summed E-state index contributed by atoms with van der Waals surface area (Å²) in [5.74, 6) is -0.259. The van der Waals surface area contributed by atoms with Crippen LogP contribution in [0.1, 0.15) is 35.2 Å². The third kappa shape index (κ3) is 5.28. The maximum absolute atomic E-state index is 13.8. The third-order valence-corrected chi connectivity index (χ3v) is 9.15. The molecule has 0 bridgehead atoms. The number of benzene rings is 4. The van der Waals surface area contributed by atoms with E-state index < -0.39 is 17.7 Å². The second-order valence-electron chi connectivity index (χ2n) is 10.9. The summed E-state index contributed by atoms with van der Waals surface area (Å²) in [6, 6.07) is 24.5. The van der Waals surface area contributed by atoms with Crippen LogP contribution in [0.5, 0.6) is 17.2 Å². The summed E-state index contributed by atoms with van der Waals surface area (Å²) in [6.45, 7) is 2.29. The van der Waals surface area contributed by atoms with Crippen molar-refractivity contribution < 1.29 is 28.9 Å². The number of hydrogen-bond donors (Lipinski definition) is 1. The highest BCUT2D eigenvalue weighted by Crippen LogP contribution is 2.46. The number of methoxy groups -OCH3 is 1. The average Bonchev–Trinajstić information content (AvgIpc) is 3.71. The maximum atomic E-state index is 13.8. The van der Waals surface area contributed by atoms with Crippen LogP contribution in [0.4, 0.5) is 5.13 Å². The number of fused-ring (bicyclic) bond motifs is 2. The number of ether oxygens (including phenoxy) is 3. The Balaban J connectivity index is 1.35. The Bertz CT molecular complexity index is 2010. The maximum Gasteiger partial charge on any atom is 0.301 e. The minimum atomic E-state index is -0.999. The second-order valence-corrected chi connectivity index (χ2v) is 12.4. The number of carbonyl (C=O) groups excluding carboxylic acids is 2. The first-order chi connectivity index (χ1) is 21.8. The molecule has 5 aromatic rings. The molecule has 45 heavy (non-hydrogen) atoms. The molecule has 2 atom stereocenters. The van der Waals surface area contributed by atoms with E-state index in [1.807, 2.05) is 37.3 Å². The van der Waals surface area contributed by atoms with Crippen LogP contribution >= 0.6 is 22.9 Å². The van der Waals surface area contributed by atoms with Crippen molar-refractivity contribution in [3.05, 3.63) is 118 Å². The van der Waals surface area contributed by atoms with Crippen molar-refractivity contribution in [1.29, 1.82) is 0 Å². The number of aliphatic hydroxyl groups is 1. The van der Waals surface area contributed by atoms with Gasteiger partial charge in [-0.25, -0.2) is 4.98 Å². The second kappa shape index (κ2) is 11.6. The van der Waals surface area contributed by atoms with Gasteiger partial charge in [0.15, 0.2) is 16.6 Å². The number of aliphatic hydroxyl groups excluding tert-OH is 1. The summed E-state index contributed by atoms with van der Waals surface area (Å²) in [4.78, 5) is 33.6. The van der Waals surface area contributed by atoms with Gasteiger partial charge in [-0.05, 0) is 72.1 Å². The molecule has 2 unspecified atom stereocenters. The van der Waals surface area contributed by atoms with E-state index in [2.05, 4.69) is 4.98 Å². The molecule has 7 rings (SSSR count). The van der Waals surface area contributed by atoms with Crippen LogP contribution in [0.15, 0.2) is 90.5 Å². The zero-order valence-electron chi connectivity index (χ0n) is 24.3. The lowest BCUT2D eigenvalue weighted by atomic mass is 9.94. The van der Waals surface area contributed by atoms with E-state index in [1.165, 1.54) is 23.3 Å². The molecule has 0 aliphatic carbocycles. The van der Waals surface area contributed by atoms with Crippen molar-refractivity contribution in [2.75, 3.05) is 12.0 Å². The summed E-state index contributed by atoms with van der Waals surface area (Å²) in [7, 11) is 1.52. The molecule has 1 N–H and O–H groups in total. The molecule has 3 heterocycles. The quantitative estimate of drug-likeness (QED) is 0.112. The Morgan fingerprint density at radius 1 is 1.04 bits per heavy atom. The van der Waals surface area contributed by atoms with Crippen molar-refractivity contribution >= 4 is 55.7 Å². The third-order valence-electron chi connectivity index (χ3n) is 7.90. The Morgan fingerprint density at radius 3 is 2.67 bits per heavy atom. The van der Waals surface area contributed by atoms with E-state index in [0.717, 1.165) is 21.6 Å². The Kier molecular flexibility index (Phi) is 7.43. The zero-order valence-corrected chi connectivity index (χ0v) is 25.9. The fourth-order valence-corrected chi connectivity index (χ4v) is 7.04. The summed E-state index contributed by atoms with van der Waals surface area (Å²) in [5.41, 5.74) is 3.44. The number of thiazole rings is 1. The van der Waals surface area contributed by atoms with Gasteiger partial charge < -0.3 is 19.3 Å². The molecule has 8 nitrogen and oxygen atoms in total. The van der Waals surface area contributed by atoms with Gasteiger partial charge in [-0.2, -0.15) is 0 Å². The van der Waals surface area contributed by atoms with Crippen LogP contribution in [0, 0.1) is 0 Å². The van der Waals surface area contributed by atoms with E-state index >= 15 is 0 Å². The smallest absolute Gasteiger partial charge is 0.301 e. The van der Waals surface area contributed by atoms with E-state index in [4.69, 9.17) is 25.8 Å². The molecule has 4 aromatic carbocycles. The molecule has 226 valence electrons. The minimum Gasteiger partial charge on any atom is -0.507 e. The molecule has 0 spiro atoms. The molecule has 1 saturated heterocycles. The molecular weight excluding hydrogens is 612 g/mol. The van der Waals surface area contributed by atoms with Gasteiger partial charge in [-0.3, -0.25) is 14.5 Å². The molecule has 1 amide bonds. The Labute approximate surface area is 268 Å². The monoisotopic (exact) mass is 638 g/mol. The van der Waals surface area contributed by atoms with Crippen LogP contribution < -0.4 is 19.1 Å². The van der Waals surface area contributed by atoms with Gasteiger partial charge in [0.25, 0.3) is 5.78 Å². The molecule has 0 radical (unpaired) electrons. The van der Waals surface area contributed by atoms with Crippen molar-refractivity contribution in [3.63, 3.8) is 0 Å². The fourth-order valence-electron chi connectivity index (χ4n) is 5.77. The van der Waals surface area contributed by atoms with Crippen molar-refractivity contribution in [2.45, 2.75) is 32.1 Å². The zero-order chi connectivity index (χ0) is 31.2. The highest BCUT2D eigenvalue weighted by Gasteiger charge is 2.48. The molecule has 0 saturated carbocycles. The van der Waals surface area contributed by atoms with Crippen molar-refractivity contribution in [2.24, 2.45) is 0 Å². The first-order valence-corrected chi connectivity index (χ1v) is 15.5. The van der Waals surface area contributed by atoms with Gasteiger partial charge in [0, 0.05) is 17.0 Å². The lowest BCUT2D eigenvalue weighted by Crippen LogP contribution is -2.29. The Hall–Kier alpha value is -4.86. The molecule has 10 heteroatoms. The topological polar surface area (TPSA) is 98.2 Å². The van der Waals surface area contributed by atoms with Gasteiger partial charge in [-0.15, -0.1) is 0 Å². The van der Waals surface area contributed by atoms with E-state index in [-0.39, 0.29) is 17.4 Å². The van der Waals surface area contributed by atoms with Crippen molar-refractivity contribution in [1.82, 2.24) is 4.98 Å². The minimum absolute atomic E-state index is 0.00519.